The van der Waals surface area contributed by atoms with E-state index in [1.54, 1.807) is 23.4 Å². The number of halogens is 1. The van der Waals surface area contributed by atoms with Crippen molar-refractivity contribution in [3.8, 4) is 5.75 Å². The molecule has 5 nitrogen and oxygen atoms in total. The molecule has 28 heavy (non-hydrogen) atoms. The van der Waals surface area contributed by atoms with Gasteiger partial charge in [-0.2, -0.15) is 0 Å². The number of ether oxygens (including phenoxy) is 1. The quantitative estimate of drug-likeness (QED) is 0.464. The fourth-order valence-electron chi connectivity index (χ4n) is 3.80. The highest BCUT2D eigenvalue weighted by Gasteiger charge is 2.22. The van der Waals surface area contributed by atoms with Gasteiger partial charge in [-0.25, -0.2) is 4.98 Å². The Morgan fingerprint density at radius 3 is 2.93 bits per heavy atom. The zero-order chi connectivity index (χ0) is 19.3. The van der Waals surface area contributed by atoms with E-state index in [1.807, 2.05) is 47.0 Å². The number of aromatic nitrogens is 3. The molecule has 0 atom stereocenters. The number of hydrogen-bond acceptors (Lipinski definition) is 4. The van der Waals surface area contributed by atoms with Crippen molar-refractivity contribution in [3.63, 3.8) is 0 Å². The highest BCUT2D eigenvalue weighted by molar-refractivity contribution is 7.99. The van der Waals surface area contributed by atoms with Gasteiger partial charge in [0.15, 0.2) is 5.16 Å². The first-order chi connectivity index (χ1) is 13.7. The van der Waals surface area contributed by atoms with E-state index < -0.39 is 0 Å². The van der Waals surface area contributed by atoms with Crippen molar-refractivity contribution in [3.05, 3.63) is 63.4 Å². The van der Waals surface area contributed by atoms with E-state index in [2.05, 4.69) is 0 Å². The number of rotatable bonds is 3. The maximum absolute atomic E-state index is 13.4. The molecule has 0 amide bonds. The summed E-state index contributed by atoms with van der Waals surface area (Å²) in [7, 11) is 1.64. The molecule has 0 spiro atoms. The van der Waals surface area contributed by atoms with Gasteiger partial charge in [0.2, 0.25) is 0 Å². The summed E-state index contributed by atoms with van der Waals surface area (Å²) in [6.07, 6.45) is 0.976. The van der Waals surface area contributed by atoms with E-state index in [1.165, 1.54) is 0 Å². The number of fused-ring (bicyclic) bond motifs is 4. The largest absolute Gasteiger partial charge is 0.497 e. The Labute approximate surface area is 170 Å². The van der Waals surface area contributed by atoms with Crippen LogP contribution < -0.4 is 10.3 Å². The van der Waals surface area contributed by atoms with Gasteiger partial charge < -0.3 is 9.30 Å². The molecule has 1 aliphatic rings. The van der Waals surface area contributed by atoms with Crippen LogP contribution in [-0.2, 0) is 13.1 Å². The summed E-state index contributed by atoms with van der Waals surface area (Å²) in [4.78, 5) is 18.3. The van der Waals surface area contributed by atoms with Crippen LogP contribution >= 0.6 is 23.4 Å². The van der Waals surface area contributed by atoms with Gasteiger partial charge in [0.25, 0.3) is 5.56 Å². The first-order valence-corrected chi connectivity index (χ1v) is 10.5. The SMILES string of the molecule is COc1ccc2c(c1)c1nc3n(c(=O)c1n2Cc1ccccc1Cl)CCCS3. The lowest BCUT2D eigenvalue weighted by Crippen LogP contribution is -2.27. The average Bonchev–Trinajstić information content (AvgIpc) is 3.03. The molecular formula is C21H18ClN3O2S. The smallest absolute Gasteiger partial charge is 0.278 e. The molecule has 0 saturated carbocycles. The number of nitrogens with zero attached hydrogens (tertiary/aromatic N) is 3. The first kappa shape index (κ1) is 17.6. The average molecular weight is 412 g/mol. The van der Waals surface area contributed by atoms with Crippen LogP contribution in [0.1, 0.15) is 12.0 Å². The molecule has 7 heteroatoms. The molecule has 0 unspecified atom stereocenters. The van der Waals surface area contributed by atoms with E-state index in [9.17, 15) is 4.79 Å². The summed E-state index contributed by atoms with van der Waals surface area (Å²) >= 11 is 8.05. The highest BCUT2D eigenvalue weighted by atomic mass is 35.5. The third-order valence-corrected chi connectivity index (χ3v) is 6.60. The zero-order valence-corrected chi connectivity index (χ0v) is 16.9. The maximum atomic E-state index is 13.4. The van der Waals surface area contributed by atoms with Gasteiger partial charge in [-0.3, -0.25) is 9.36 Å². The lowest BCUT2D eigenvalue weighted by Gasteiger charge is -2.17. The summed E-state index contributed by atoms with van der Waals surface area (Å²) in [5.41, 5.74) is 3.28. The predicted molar refractivity (Wildman–Crippen MR) is 114 cm³/mol. The molecule has 0 radical (unpaired) electrons. The van der Waals surface area contributed by atoms with E-state index in [4.69, 9.17) is 21.3 Å². The number of methoxy groups -OCH3 is 1. The Balaban J connectivity index is 1.86. The maximum Gasteiger partial charge on any atom is 0.278 e. The minimum atomic E-state index is 0.00872. The Kier molecular flexibility index (Phi) is 4.33. The predicted octanol–water partition coefficient (Wildman–Crippen LogP) is 4.56. The molecule has 1 aliphatic heterocycles. The second-order valence-corrected chi connectivity index (χ2v) is 8.28. The van der Waals surface area contributed by atoms with Crippen molar-refractivity contribution in [2.45, 2.75) is 24.7 Å². The van der Waals surface area contributed by atoms with Crippen molar-refractivity contribution in [1.82, 2.24) is 14.1 Å². The topological polar surface area (TPSA) is 49.1 Å². The van der Waals surface area contributed by atoms with Crippen LogP contribution in [0.5, 0.6) is 5.75 Å². The summed E-state index contributed by atoms with van der Waals surface area (Å²) < 4.78 is 9.25. The third kappa shape index (κ3) is 2.71. The van der Waals surface area contributed by atoms with Crippen LogP contribution in [0.4, 0.5) is 0 Å². The standard InChI is InChI=1S/C21H18ClN3O2S/c1-27-14-7-8-17-15(11-14)18-19(20(26)24-9-4-10-28-21(24)23-18)25(17)12-13-5-2-3-6-16(13)22/h2-3,5-8,11H,4,9-10,12H2,1H3. The lowest BCUT2D eigenvalue weighted by molar-refractivity contribution is 0.415. The molecule has 0 saturated heterocycles. The van der Waals surface area contributed by atoms with Gasteiger partial charge in [-0.1, -0.05) is 41.6 Å². The van der Waals surface area contributed by atoms with Gasteiger partial charge >= 0.3 is 0 Å². The van der Waals surface area contributed by atoms with Crippen molar-refractivity contribution in [2.24, 2.45) is 0 Å². The molecule has 0 bridgehead atoms. The van der Waals surface area contributed by atoms with Crippen LogP contribution in [0, 0.1) is 0 Å². The van der Waals surface area contributed by atoms with Crippen LogP contribution in [0.25, 0.3) is 21.9 Å². The second-order valence-electron chi connectivity index (χ2n) is 6.81. The molecule has 5 rings (SSSR count). The van der Waals surface area contributed by atoms with E-state index in [0.29, 0.717) is 23.6 Å². The Morgan fingerprint density at radius 1 is 1.25 bits per heavy atom. The van der Waals surface area contributed by atoms with E-state index in [0.717, 1.165) is 45.1 Å². The van der Waals surface area contributed by atoms with Crippen molar-refractivity contribution in [1.29, 1.82) is 0 Å². The monoisotopic (exact) mass is 411 g/mol. The molecule has 0 fully saturated rings. The molecule has 142 valence electrons. The molecule has 3 heterocycles. The van der Waals surface area contributed by atoms with Gasteiger partial charge in [0.05, 0.1) is 12.6 Å². The minimum Gasteiger partial charge on any atom is -0.497 e. The summed E-state index contributed by atoms with van der Waals surface area (Å²) in [5, 5.41) is 2.41. The molecule has 0 N–H and O–H groups in total. The zero-order valence-electron chi connectivity index (χ0n) is 15.3. The minimum absolute atomic E-state index is 0.00872. The second kappa shape index (κ2) is 6.87. The van der Waals surface area contributed by atoms with Crippen LogP contribution in [0.3, 0.4) is 0 Å². The molecule has 2 aromatic carbocycles. The molecular weight excluding hydrogens is 394 g/mol. The summed E-state index contributed by atoms with van der Waals surface area (Å²) in [6, 6.07) is 13.6. The van der Waals surface area contributed by atoms with Gasteiger partial charge in [0.1, 0.15) is 16.8 Å². The van der Waals surface area contributed by atoms with E-state index in [-0.39, 0.29) is 5.56 Å². The number of thioether (sulfide) groups is 1. The number of benzene rings is 2. The summed E-state index contributed by atoms with van der Waals surface area (Å²) in [5.74, 6) is 1.73. The first-order valence-electron chi connectivity index (χ1n) is 9.14. The molecule has 0 aliphatic carbocycles. The van der Waals surface area contributed by atoms with Gasteiger partial charge in [0, 0.05) is 29.3 Å². The summed E-state index contributed by atoms with van der Waals surface area (Å²) in [6.45, 7) is 1.22. The van der Waals surface area contributed by atoms with Crippen molar-refractivity contribution < 1.29 is 4.74 Å². The van der Waals surface area contributed by atoms with E-state index >= 15 is 0 Å². The molecule has 4 aromatic rings. The van der Waals surface area contributed by atoms with Gasteiger partial charge in [-0.15, -0.1) is 0 Å². The van der Waals surface area contributed by atoms with Crippen LogP contribution in [0.15, 0.2) is 52.4 Å². The Bertz CT molecular complexity index is 1280. The fourth-order valence-corrected chi connectivity index (χ4v) is 4.94. The van der Waals surface area contributed by atoms with Gasteiger partial charge in [-0.05, 0) is 36.2 Å². The van der Waals surface area contributed by atoms with Crippen LogP contribution in [-0.4, -0.2) is 27.0 Å². The van der Waals surface area contributed by atoms with Crippen molar-refractivity contribution in [2.75, 3.05) is 12.9 Å². The van der Waals surface area contributed by atoms with Crippen molar-refractivity contribution >= 4 is 45.3 Å². The lowest BCUT2D eigenvalue weighted by atomic mass is 10.2. The molecule has 2 aromatic heterocycles. The highest BCUT2D eigenvalue weighted by Crippen LogP contribution is 2.33. The number of hydrogen-bond donors (Lipinski definition) is 0. The third-order valence-electron chi connectivity index (χ3n) is 5.17. The Hall–Kier alpha value is -2.44. The normalized spacial score (nSPS) is 13.8. The Morgan fingerprint density at radius 2 is 2.11 bits per heavy atom. The fraction of sp³-hybridized carbons (Fsp3) is 0.238. The van der Waals surface area contributed by atoms with Crippen LogP contribution in [0.2, 0.25) is 5.02 Å².